The van der Waals surface area contributed by atoms with Gasteiger partial charge in [0.25, 0.3) is 5.91 Å². The Kier molecular flexibility index (Phi) is 10.6. The number of carbonyl (C=O) groups excluding carboxylic acids is 3. The molecule has 0 unspecified atom stereocenters. The van der Waals surface area contributed by atoms with Crippen molar-refractivity contribution in [2.24, 2.45) is 0 Å². The molecule has 4 heterocycles. The van der Waals surface area contributed by atoms with E-state index in [1.54, 1.807) is 40.6 Å². The highest BCUT2D eigenvalue weighted by Gasteiger charge is 2.31. The molecule has 10 nitrogen and oxygen atoms in total. The van der Waals surface area contributed by atoms with Crippen molar-refractivity contribution in [3.05, 3.63) is 144 Å². The van der Waals surface area contributed by atoms with Gasteiger partial charge in [-0.05, 0) is 65.6 Å². The minimum Gasteiger partial charge on any atom is -0.324 e. The van der Waals surface area contributed by atoms with Gasteiger partial charge in [-0.2, -0.15) is 5.06 Å². The number of amides is 3. The third kappa shape index (κ3) is 8.55. The molecule has 242 valence electrons. The molecule has 0 saturated heterocycles. The summed E-state index contributed by atoms with van der Waals surface area (Å²) < 4.78 is 0. The zero-order chi connectivity index (χ0) is 33.1. The summed E-state index contributed by atoms with van der Waals surface area (Å²) in [6.07, 6.45) is 17.4. The van der Waals surface area contributed by atoms with Crippen molar-refractivity contribution in [3.8, 4) is 0 Å². The number of benzene rings is 2. The van der Waals surface area contributed by atoms with Crippen molar-refractivity contribution < 1.29 is 19.2 Å². The van der Waals surface area contributed by atoms with Crippen LogP contribution in [0.1, 0.15) is 22.4 Å². The Hall–Kier alpha value is -5.71. The van der Waals surface area contributed by atoms with Crippen molar-refractivity contribution in [1.29, 1.82) is 0 Å². The van der Waals surface area contributed by atoms with Crippen LogP contribution < -0.4 is 10.6 Å². The largest absolute Gasteiger partial charge is 0.324 e. The Morgan fingerprint density at radius 3 is 2.08 bits per heavy atom. The molecule has 4 aromatic rings. The molecule has 0 radical (unpaired) electrons. The summed E-state index contributed by atoms with van der Waals surface area (Å²) in [5.74, 6) is -0.572. The smallest absolute Gasteiger partial charge is 0.251 e. The molecule has 2 atom stereocenters. The number of hydroxylamine groups is 2. The summed E-state index contributed by atoms with van der Waals surface area (Å²) in [5, 5.41) is 7.58. The molecule has 0 fully saturated rings. The Balaban J connectivity index is 0.963. The second kappa shape index (κ2) is 15.7. The fourth-order valence-corrected chi connectivity index (χ4v) is 5.43. The standard InChI is InChI=1S/C38H36N6O4/c45-36(26-33-7-1-2-22-40-33)43-23-4-8-34(43)37(46)41-31-16-12-28(13-17-31)10-11-29-14-18-32(19-15-29)42-38(47)35-9-5-24-44(35)48-25-20-30-6-3-21-39-27-30/h1-19,21-22,27,34-35H,20,23-26H2,(H,41,46)(H,42,47)/b11-10+/t34-,35-/m0/s1. The highest BCUT2D eigenvalue weighted by atomic mass is 16.7. The van der Waals surface area contributed by atoms with Crippen molar-refractivity contribution >= 4 is 41.2 Å². The molecule has 2 aromatic carbocycles. The van der Waals surface area contributed by atoms with E-state index in [-0.39, 0.29) is 24.1 Å². The Bertz CT molecular complexity index is 1790. The lowest BCUT2D eigenvalue weighted by atomic mass is 10.1. The van der Waals surface area contributed by atoms with Gasteiger partial charge in [0.05, 0.1) is 13.0 Å². The number of hydrogen-bond donors (Lipinski definition) is 2. The quantitative estimate of drug-likeness (QED) is 0.166. The summed E-state index contributed by atoms with van der Waals surface area (Å²) in [6.45, 7) is 1.40. The van der Waals surface area contributed by atoms with Crippen LogP contribution in [-0.4, -0.2) is 69.4 Å². The molecule has 0 bridgehead atoms. The highest BCUT2D eigenvalue weighted by molar-refractivity contribution is 5.99. The van der Waals surface area contributed by atoms with Crippen LogP contribution in [0.25, 0.3) is 12.2 Å². The Labute approximate surface area is 279 Å². The molecule has 2 aromatic heterocycles. The van der Waals surface area contributed by atoms with Crippen molar-refractivity contribution in [3.63, 3.8) is 0 Å². The van der Waals surface area contributed by atoms with Gasteiger partial charge < -0.3 is 15.5 Å². The average Bonchev–Trinajstić information content (AvgIpc) is 3.80. The highest BCUT2D eigenvalue weighted by Crippen LogP contribution is 2.19. The van der Waals surface area contributed by atoms with Gasteiger partial charge in [-0.15, -0.1) is 0 Å². The topological polar surface area (TPSA) is 117 Å². The van der Waals surface area contributed by atoms with Gasteiger partial charge in [0.2, 0.25) is 11.8 Å². The van der Waals surface area contributed by atoms with Crippen LogP contribution in [0.4, 0.5) is 11.4 Å². The van der Waals surface area contributed by atoms with E-state index in [2.05, 4.69) is 20.6 Å². The minimum atomic E-state index is -0.668. The van der Waals surface area contributed by atoms with E-state index in [0.717, 1.165) is 16.7 Å². The zero-order valence-corrected chi connectivity index (χ0v) is 26.3. The van der Waals surface area contributed by atoms with E-state index in [1.807, 2.05) is 103 Å². The van der Waals surface area contributed by atoms with Crippen LogP contribution in [0.5, 0.6) is 0 Å². The zero-order valence-electron chi connectivity index (χ0n) is 26.3. The van der Waals surface area contributed by atoms with Gasteiger partial charge in [-0.3, -0.25) is 29.2 Å². The molecule has 2 aliphatic heterocycles. The van der Waals surface area contributed by atoms with Gasteiger partial charge in [0, 0.05) is 48.7 Å². The predicted molar refractivity (Wildman–Crippen MR) is 185 cm³/mol. The van der Waals surface area contributed by atoms with Gasteiger partial charge in [-0.1, -0.05) is 72.9 Å². The van der Waals surface area contributed by atoms with Crippen LogP contribution in [0, 0.1) is 0 Å². The summed E-state index contributed by atoms with van der Waals surface area (Å²) >= 11 is 0. The van der Waals surface area contributed by atoms with Gasteiger partial charge in [0.15, 0.2) is 0 Å². The third-order valence-corrected chi connectivity index (χ3v) is 7.98. The van der Waals surface area contributed by atoms with E-state index in [4.69, 9.17) is 4.84 Å². The number of nitrogens with zero attached hydrogens (tertiary/aromatic N) is 4. The molecule has 48 heavy (non-hydrogen) atoms. The first-order chi connectivity index (χ1) is 23.5. The third-order valence-electron chi connectivity index (χ3n) is 7.98. The van der Waals surface area contributed by atoms with Crippen LogP contribution in [0.3, 0.4) is 0 Å². The van der Waals surface area contributed by atoms with Crippen LogP contribution in [0.2, 0.25) is 0 Å². The second-order valence-electron chi connectivity index (χ2n) is 11.4. The Morgan fingerprint density at radius 1 is 0.771 bits per heavy atom. The summed E-state index contributed by atoms with van der Waals surface area (Å²) in [4.78, 5) is 54.6. The molecular weight excluding hydrogens is 604 g/mol. The van der Waals surface area contributed by atoms with Crippen molar-refractivity contribution in [2.45, 2.75) is 24.9 Å². The lowest BCUT2D eigenvalue weighted by Crippen LogP contribution is -2.44. The van der Waals surface area contributed by atoms with Gasteiger partial charge >= 0.3 is 0 Å². The molecule has 2 aliphatic rings. The monoisotopic (exact) mass is 640 g/mol. The number of hydrogen-bond acceptors (Lipinski definition) is 7. The van der Waals surface area contributed by atoms with Crippen LogP contribution >= 0.6 is 0 Å². The number of nitrogens with one attached hydrogen (secondary N) is 2. The summed E-state index contributed by atoms with van der Waals surface area (Å²) in [7, 11) is 0. The lowest BCUT2D eigenvalue weighted by molar-refractivity contribution is -0.169. The fourth-order valence-electron chi connectivity index (χ4n) is 5.43. The predicted octanol–water partition coefficient (Wildman–Crippen LogP) is 4.95. The Morgan fingerprint density at radius 2 is 1.44 bits per heavy atom. The van der Waals surface area contributed by atoms with E-state index in [1.165, 1.54) is 0 Å². The molecule has 0 aliphatic carbocycles. The van der Waals surface area contributed by atoms with Crippen LogP contribution in [-0.2, 0) is 32.1 Å². The second-order valence-corrected chi connectivity index (χ2v) is 11.4. The van der Waals surface area contributed by atoms with Gasteiger partial charge in [-0.25, -0.2) is 0 Å². The number of aromatic nitrogens is 2. The first-order valence-electron chi connectivity index (χ1n) is 15.8. The molecular formula is C38H36N6O4. The lowest BCUT2D eigenvalue weighted by Gasteiger charge is -2.24. The summed E-state index contributed by atoms with van der Waals surface area (Å²) in [6, 6.07) is 23.3. The first-order valence-corrected chi connectivity index (χ1v) is 15.8. The number of rotatable bonds is 12. The maximum atomic E-state index is 13.0. The van der Waals surface area contributed by atoms with Crippen molar-refractivity contribution in [1.82, 2.24) is 19.9 Å². The normalized spacial score (nSPS) is 17.2. The molecule has 10 heteroatoms. The van der Waals surface area contributed by atoms with E-state index < -0.39 is 12.1 Å². The van der Waals surface area contributed by atoms with Crippen molar-refractivity contribution in [2.75, 3.05) is 30.3 Å². The van der Waals surface area contributed by atoms with E-state index >= 15 is 0 Å². The number of carbonyl (C=O) groups is 3. The maximum absolute atomic E-state index is 13.0. The van der Waals surface area contributed by atoms with Gasteiger partial charge in [0.1, 0.15) is 12.1 Å². The summed E-state index contributed by atoms with van der Waals surface area (Å²) in [5.41, 5.74) is 5.01. The van der Waals surface area contributed by atoms with E-state index in [9.17, 15) is 14.4 Å². The maximum Gasteiger partial charge on any atom is 0.251 e. The number of anilines is 2. The average molecular weight is 641 g/mol. The van der Waals surface area contributed by atoms with Crippen LogP contribution in [0.15, 0.2) is 122 Å². The molecule has 3 amide bonds. The number of pyridine rings is 2. The SMILES string of the molecule is O=C(Nc1ccc(/C=C/c2ccc(NC(=O)[C@@H]3C=CCN3C(=O)Cc3ccccn3)cc2)cc1)[C@@H]1C=CCN1OCCc1cccnc1. The first kappa shape index (κ1) is 32.2. The molecule has 0 spiro atoms. The fraction of sp³-hybridized carbons (Fsp3) is 0.184. The molecule has 0 saturated carbocycles. The molecule has 6 rings (SSSR count). The van der Waals surface area contributed by atoms with E-state index in [0.29, 0.717) is 43.2 Å². The molecule has 2 N–H and O–H groups in total. The minimum absolute atomic E-state index is 0.144.